The Labute approximate surface area is 202 Å². The van der Waals surface area contributed by atoms with E-state index < -0.39 is 66.2 Å². The van der Waals surface area contributed by atoms with Crippen LogP contribution in [0.2, 0.25) is 0 Å². The summed E-state index contributed by atoms with van der Waals surface area (Å²) in [5.41, 5.74) is 0.604. The summed E-state index contributed by atoms with van der Waals surface area (Å²) in [5.74, 6) is -5.32. The highest BCUT2D eigenvalue weighted by molar-refractivity contribution is 5.95. The van der Waals surface area contributed by atoms with Crippen molar-refractivity contribution in [2.24, 2.45) is 5.92 Å². The lowest BCUT2D eigenvalue weighted by molar-refractivity contribution is -0.144. The molecule has 1 fully saturated rings. The molecule has 0 bridgehead atoms. The molecule has 192 valence electrons. The molecule has 12 heteroatoms. The van der Waals surface area contributed by atoms with E-state index in [0.717, 1.165) is 6.42 Å². The summed E-state index contributed by atoms with van der Waals surface area (Å²) in [6.45, 7) is 3.81. The molecule has 1 heterocycles. The SMILES string of the molecule is CC(C)C(NC(=O)C(CC(=O)O)NC(=O)C(Cc1ccc(O)cc1)NC(=O)C1CCCN1)C(=O)O. The minimum atomic E-state index is -1.57. The maximum absolute atomic E-state index is 13.1. The Balaban J connectivity index is 2.21. The zero-order valence-corrected chi connectivity index (χ0v) is 19.6. The van der Waals surface area contributed by atoms with E-state index in [4.69, 9.17) is 0 Å². The number of amides is 3. The topological polar surface area (TPSA) is 194 Å². The molecular weight excluding hydrogens is 460 g/mol. The largest absolute Gasteiger partial charge is 0.508 e. The third-order valence-corrected chi connectivity index (χ3v) is 5.63. The second-order valence-corrected chi connectivity index (χ2v) is 8.81. The number of aromatic hydroxyl groups is 1. The van der Waals surface area contributed by atoms with Gasteiger partial charge in [0.2, 0.25) is 17.7 Å². The van der Waals surface area contributed by atoms with E-state index in [1.807, 2.05) is 0 Å². The van der Waals surface area contributed by atoms with Gasteiger partial charge in [-0.15, -0.1) is 0 Å². The Morgan fingerprint density at radius 2 is 1.60 bits per heavy atom. The van der Waals surface area contributed by atoms with Crippen molar-refractivity contribution in [1.82, 2.24) is 21.3 Å². The van der Waals surface area contributed by atoms with Crippen LogP contribution in [0.1, 0.15) is 38.7 Å². The summed E-state index contributed by atoms with van der Waals surface area (Å²) in [7, 11) is 0. The van der Waals surface area contributed by atoms with Crippen molar-refractivity contribution in [2.75, 3.05) is 6.54 Å². The molecule has 2 rings (SSSR count). The molecule has 1 saturated heterocycles. The van der Waals surface area contributed by atoms with Crippen LogP contribution in [-0.2, 0) is 30.4 Å². The molecule has 3 amide bonds. The van der Waals surface area contributed by atoms with Crippen molar-refractivity contribution in [3.05, 3.63) is 29.8 Å². The molecule has 0 radical (unpaired) electrons. The van der Waals surface area contributed by atoms with E-state index in [1.165, 1.54) is 12.1 Å². The van der Waals surface area contributed by atoms with Crippen molar-refractivity contribution in [3.8, 4) is 5.75 Å². The molecule has 4 unspecified atom stereocenters. The predicted octanol–water partition coefficient (Wildman–Crippen LogP) is -0.644. The van der Waals surface area contributed by atoms with Crippen molar-refractivity contribution in [1.29, 1.82) is 0 Å². The fourth-order valence-electron chi connectivity index (χ4n) is 3.68. The molecule has 0 aliphatic carbocycles. The second-order valence-electron chi connectivity index (χ2n) is 8.81. The van der Waals surface area contributed by atoms with Gasteiger partial charge in [0, 0.05) is 6.42 Å². The maximum Gasteiger partial charge on any atom is 0.326 e. The summed E-state index contributed by atoms with van der Waals surface area (Å²) in [5, 5.41) is 38.4. The van der Waals surface area contributed by atoms with Gasteiger partial charge in [0.1, 0.15) is 23.9 Å². The number of aliphatic carboxylic acids is 2. The number of hydrogen-bond donors (Lipinski definition) is 7. The van der Waals surface area contributed by atoms with Crippen LogP contribution in [-0.4, -0.2) is 75.7 Å². The summed E-state index contributed by atoms with van der Waals surface area (Å²) >= 11 is 0. The maximum atomic E-state index is 13.1. The minimum Gasteiger partial charge on any atom is -0.508 e. The Hall–Kier alpha value is -3.67. The molecule has 12 nitrogen and oxygen atoms in total. The lowest BCUT2D eigenvalue weighted by Crippen LogP contribution is -2.58. The van der Waals surface area contributed by atoms with E-state index in [-0.39, 0.29) is 12.2 Å². The van der Waals surface area contributed by atoms with E-state index in [9.17, 15) is 39.3 Å². The predicted molar refractivity (Wildman–Crippen MR) is 123 cm³/mol. The second kappa shape index (κ2) is 12.7. The Morgan fingerprint density at radius 1 is 0.971 bits per heavy atom. The van der Waals surface area contributed by atoms with Gasteiger partial charge in [-0.3, -0.25) is 19.2 Å². The lowest BCUT2D eigenvalue weighted by Gasteiger charge is -2.25. The van der Waals surface area contributed by atoms with Gasteiger partial charge in [0.25, 0.3) is 0 Å². The van der Waals surface area contributed by atoms with Gasteiger partial charge < -0.3 is 36.6 Å². The van der Waals surface area contributed by atoms with Crippen LogP contribution in [0.25, 0.3) is 0 Å². The number of phenols is 1. The fraction of sp³-hybridized carbons (Fsp3) is 0.522. The summed E-state index contributed by atoms with van der Waals surface area (Å²) in [6, 6.07) is 1.49. The summed E-state index contributed by atoms with van der Waals surface area (Å²) in [4.78, 5) is 61.3. The van der Waals surface area contributed by atoms with Gasteiger partial charge in [0.15, 0.2) is 0 Å². The number of rotatable bonds is 12. The first-order valence-corrected chi connectivity index (χ1v) is 11.3. The number of hydrogen-bond acceptors (Lipinski definition) is 7. The van der Waals surface area contributed by atoms with Crippen LogP contribution in [0.15, 0.2) is 24.3 Å². The highest BCUT2D eigenvalue weighted by Gasteiger charge is 2.33. The quantitative estimate of drug-likeness (QED) is 0.199. The van der Waals surface area contributed by atoms with Gasteiger partial charge >= 0.3 is 11.9 Å². The number of phenolic OH excluding ortho intramolecular Hbond substituents is 1. The Bertz CT molecular complexity index is 928. The van der Waals surface area contributed by atoms with E-state index in [0.29, 0.717) is 18.5 Å². The Kier molecular flexibility index (Phi) is 10.0. The lowest BCUT2D eigenvalue weighted by atomic mass is 10.0. The van der Waals surface area contributed by atoms with Crippen LogP contribution >= 0.6 is 0 Å². The highest BCUT2D eigenvalue weighted by atomic mass is 16.4. The minimum absolute atomic E-state index is 0.00965. The zero-order chi connectivity index (χ0) is 26.1. The molecular formula is C23H32N4O8. The standard InChI is InChI=1S/C23H32N4O8/c1-12(2)19(23(34)35)27-22(33)17(11-18(29)30)26-21(32)16(10-13-5-7-14(28)8-6-13)25-20(31)15-4-3-9-24-15/h5-8,12,15-17,19,24,28H,3-4,9-11H2,1-2H3,(H,25,31)(H,26,32)(H,27,33)(H,29,30)(H,34,35). The van der Waals surface area contributed by atoms with E-state index in [1.54, 1.807) is 26.0 Å². The number of carbonyl (C=O) groups is 5. The first-order chi connectivity index (χ1) is 16.5. The number of carbonyl (C=O) groups excluding carboxylic acids is 3. The van der Waals surface area contributed by atoms with Crippen molar-refractivity contribution in [3.63, 3.8) is 0 Å². The summed E-state index contributed by atoms with van der Waals surface area (Å²) < 4.78 is 0. The van der Waals surface area contributed by atoms with Crippen LogP contribution < -0.4 is 21.3 Å². The molecule has 1 aromatic carbocycles. The van der Waals surface area contributed by atoms with Gasteiger partial charge in [-0.2, -0.15) is 0 Å². The number of nitrogens with one attached hydrogen (secondary N) is 4. The van der Waals surface area contributed by atoms with Crippen LogP contribution in [0.4, 0.5) is 0 Å². The summed E-state index contributed by atoms with van der Waals surface area (Å²) in [6.07, 6.45) is 0.616. The first kappa shape index (κ1) is 27.6. The van der Waals surface area contributed by atoms with E-state index in [2.05, 4.69) is 21.3 Å². The normalized spacial score (nSPS) is 17.7. The van der Waals surface area contributed by atoms with E-state index >= 15 is 0 Å². The average molecular weight is 493 g/mol. The van der Waals surface area contributed by atoms with Crippen molar-refractivity contribution >= 4 is 29.7 Å². The molecule has 1 aliphatic rings. The third kappa shape index (κ3) is 8.56. The monoisotopic (exact) mass is 492 g/mol. The molecule has 1 aromatic rings. The van der Waals surface area contributed by atoms with Crippen molar-refractivity contribution < 1.29 is 39.3 Å². The van der Waals surface area contributed by atoms with Gasteiger partial charge in [-0.1, -0.05) is 26.0 Å². The molecule has 1 aliphatic heterocycles. The Morgan fingerprint density at radius 3 is 2.11 bits per heavy atom. The molecule has 0 saturated carbocycles. The van der Waals surface area contributed by atoms with Gasteiger partial charge in [-0.25, -0.2) is 4.79 Å². The fourth-order valence-corrected chi connectivity index (χ4v) is 3.68. The van der Waals surface area contributed by atoms with Gasteiger partial charge in [-0.05, 0) is 43.0 Å². The smallest absolute Gasteiger partial charge is 0.326 e. The molecule has 7 N–H and O–H groups in total. The van der Waals surface area contributed by atoms with Gasteiger partial charge in [0.05, 0.1) is 12.5 Å². The highest BCUT2D eigenvalue weighted by Crippen LogP contribution is 2.13. The number of carboxylic acid groups (broad SMARTS) is 2. The first-order valence-electron chi connectivity index (χ1n) is 11.3. The molecule has 35 heavy (non-hydrogen) atoms. The molecule has 0 aromatic heterocycles. The van der Waals surface area contributed by atoms with Crippen LogP contribution in [0.3, 0.4) is 0 Å². The third-order valence-electron chi connectivity index (χ3n) is 5.63. The molecule has 4 atom stereocenters. The number of carboxylic acids is 2. The zero-order valence-electron chi connectivity index (χ0n) is 19.6. The number of benzene rings is 1. The molecule has 0 spiro atoms. The average Bonchev–Trinajstić information content (AvgIpc) is 3.32. The van der Waals surface area contributed by atoms with Crippen molar-refractivity contribution in [2.45, 2.75) is 63.7 Å². The van der Waals surface area contributed by atoms with Crippen LogP contribution in [0.5, 0.6) is 5.75 Å². The van der Waals surface area contributed by atoms with Crippen LogP contribution in [0, 0.1) is 5.92 Å².